The summed E-state index contributed by atoms with van der Waals surface area (Å²) in [5, 5.41) is 11.7. The summed E-state index contributed by atoms with van der Waals surface area (Å²) >= 11 is 0. The molecule has 11 heteroatoms. The molecule has 0 fully saturated rings. The van der Waals surface area contributed by atoms with Gasteiger partial charge in [-0.2, -0.15) is 4.98 Å². The minimum Gasteiger partial charge on any atom is -0.494 e. The molecule has 0 N–H and O–H groups in total. The Hall–Kier alpha value is -4.02. The number of aromatic nitrogens is 7. The van der Waals surface area contributed by atoms with Crippen molar-refractivity contribution in [3.05, 3.63) is 47.8 Å². The molecular weight excluding hydrogens is 426 g/mol. The van der Waals surface area contributed by atoms with E-state index in [0.717, 1.165) is 5.52 Å². The molecule has 1 aromatic carbocycles. The monoisotopic (exact) mass is 451 g/mol. The van der Waals surface area contributed by atoms with Crippen LogP contribution in [0.15, 0.2) is 36.4 Å². The van der Waals surface area contributed by atoms with Crippen molar-refractivity contribution < 1.29 is 19.0 Å². The number of rotatable bonds is 7. The molecule has 11 nitrogen and oxygen atoms in total. The van der Waals surface area contributed by atoms with E-state index in [1.165, 1.54) is 4.68 Å². The van der Waals surface area contributed by atoms with E-state index < -0.39 is 5.60 Å². The summed E-state index contributed by atoms with van der Waals surface area (Å²) in [6.07, 6.45) is 0.0748. The minimum atomic E-state index is -0.549. The fourth-order valence-corrected chi connectivity index (χ4v) is 3.29. The van der Waals surface area contributed by atoms with Gasteiger partial charge in [0.2, 0.25) is 0 Å². The van der Waals surface area contributed by atoms with Gasteiger partial charge in [0.1, 0.15) is 23.5 Å². The van der Waals surface area contributed by atoms with Crippen LogP contribution in [0, 0.1) is 0 Å². The van der Waals surface area contributed by atoms with Gasteiger partial charge in [-0.15, -0.1) is 0 Å². The van der Waals surface area contributed by atoms with Crippen LogP contribution in [0.2, 0.25) is 0 Å². The Morgan fingerprint density at radius 3 is 2.52 bits per heavy atom. The molecule has 0 aliphatic heterocycles. The number of carbonyl (C=O) groups is 1. The third-order valence-corrected chi connectivity index (χ3v) is 4.59. The highest BCUT2D eigenvalue weighted by molar-refractivity contribution is 5.84. The van der Waals surface area contributed by atoms with Crippen LogP contribution in [-0.2, 0) is 29.6 Å². The van der Waals surface area contributed by atoms with Crippen molar-refractivity contribution in [2.24, 2.45) is 7.05 Å². The van der Waals surface area contributed by atoms with Crippen molar-refractivity contribution in [1.82, 2.24) is 34.7 Å². The summed E-state index contributed by atoms with van der Waals surface area (Å²) in [4.78, 5) is 21.3. The Balaban J connectivity index is 1.60. The largest absolute Gasteiger partial charge is 0.494 e. The minimum absolute atomic E-state index is 0.0748. The summed E-state index contributed by atoms with van der Waals surface area (Å²) in [5.74, 6) is 0.702. The van der Waals surface area contributed by atoms with Crippen molar-refractivity contribution in [2.45, 2.75) is 39.4 Å². The molecular formula is C22H25N7O4. The number of hydrogen-bond acceptors (Lipinski definition) is 9. The number of nitrogens with zero attached hydrogens (tertiary/aromatic N) is 7. The summed E-state index contributed by atoms with van der Waals surface area (Å²) in [6.45, 7) is 5.61. The molecule has 0 saturated carbocycles. The van der Waals surface area contributed by atoms with Crippen LogP contribution >= 0.6 is 0 Å². The first-order valence-corrected chi connectivity index (χ1v) is 10.3. The number of aryl methyl sites for hydroxylation is 1. The molecule has 0 saturated heterocycles. The number of benzene rings is 1. The number of pyridine rings is 1. The van der Waals surface area contributed by atoms with Crippen LogP contribution in [0.4, 0.5) is 0 Å². The predicted octanol–water partition coefficient (Wildman–Crippen LogP) is 2.42. The van der Waals surface area contributed by atoms with Gasteiger partial charge < -0.3 is 14.2 Å². The van der Waals surface area contributed by atoms with Gasteiger partial charge >= 0.3 is 12.0 Å². The molecule has 0 atom stereocenters. The Bertz CT molecular complexity index is 1290. The van der Waals surface area contributed by atoms with E-state index in [1.54, 1.807) is 24.8 Å². The van der Waals surface area contributed by atoms with E-state index in [2.05, 4.69) is 25.5 Å². The Kier molecular flexibility index (Phi) is 5.95. The number of para-hydroxylation sites is 1. The van der Waals surface area contributed by atoms with Crippen molar-refractivity contribution in [1.29, 1.82) is 0 Å². The Morgan fingerprint density at radius 1 is 1.06 bits per heavy atom. The number of tetrazole rings is 1. The average Bonchev–Trinajstić information content (AvgIpc) is 3.33. The molecule has 0 spiro atoms. The van der Waals surface area contributed by atoms with Gasteiger partial charge in [-0.05, 0) is 55.5 Å². The number of imidazole rings is 1. The molecule has 0 unspecified atom stereocenters. The first-order chi connectivity index (χ1) is 15.7. The lowest BCUT2D eigenvalue weighted by molar-refractivity contribution is -0.154. The van der Waals surface area contributed by atoms with Gasteiger partial charge in [-0.25, -0.2) is 9.25 Å². The van der Waals surface area contributed by atoms with Gasteiger partial charge in [0, 0.05) is 7.05 Å². The van der Waals surface area contributed by atoms with Gasteiger partial charge in [-0.1, -0.05) is 17.2 Å². The van der Waals surface area contributed by atoms with E-state index in [-0.39, 0.29) is 25.0 Å². The second-order valence-corrected chi connectivity index (χ2v) is 8.33. The lowest BCUT2D eigenvalue weighted by atomic mass is 10.2. The van der Waals surface area contributed by atoms with Gasteiger partial charge in [0.25, 0.3) is 5.95 Å². The van der Waals surface area contributed by atoms with Crippen molar-refractivity contribution in [2.75, 3.05) is 7.11 Å². The fraction of sp³-hybridized carbons (Fsp3) is 0.364. The fourth-order valence-electron chi connectivity index (χ4n) is 3.29. The first-order valence-electron chi connectivity index (χ1n) is 10.3. The van der Waals surface area contributed by atoms with Crippen molar-refractivity contribution in [3.63, 3.8) is 0 Å². The predicted molar refractivity (Wildman–Crippen MR) is 118 cm³/mol. The zero-order valence-corrected chi connectivity index (χ0v) is 19.1. The lowest BCUT2D eigenvalue weighted by Crippen LogP contribution is -2.25. The topological polar surface area (TPSA) is 119 Å². The standard InChI is InChI=1S/C22H25N7O4/c1-22(2,3)33-18(30)12-14-8-6-9-15(23-14)13-32-21-24-19-16(10-7-11-17(19)31-5)29(21)20-25-26-27-28(20)4/h6-11H,12-13H2,1-5H3. The molecule has 4 aromatic rings. The number of fused-ring (bicyclic) bond motifs is 1. The summed E-state index contributed by atoms with van der Waals surface area (Å²) in [7, 11) is 3.31. The van der Waals surface area contributed by atoms with E-state index in [0.29, 0.717) is 28.6 Å². The van der Waals surface area contributed by atoms with Gasteiger partial charge in [0.05, 0.1) is 30.4 Å². The molecule has 0 bridgehead atoms. The number of methoxy groups -OCH3 is 1. The van der Waals surface area contributed by atoms with E-state index in [4.69, 9.17) is 14.2 Å². The van der Waals surface area contributed by atoms with E-state index in [1.807, 2.05) is 51.1 Å². The van der Waals surface area contributed by atoms with Crippen LogP contribution in [0.3, 0.4) is 0 Å². The van der Waals surface area contributed by atoms with Gasteiger partial charge in [0.15, 0.2) is 0 Å². The van der Waals surface area contributed by atoms with Crippen LogP contribution in [0.1, 0.15) is 32.2 Å². The first kappa shape index (κ1) is 22.2. The molecule has 0 amide bonds. The van der Waals surface area contributed by atoms with Crippen LogP contribution in [0.5, 0.6) is 11.8 Å². The molecule has 33 heavy (non-hydrogen) atoms. The second-order valence-electron chi connectivity index (χ2n) is 8.33. The molecule has 0 aliphatic rings. The molecule has 0 radical (unpaired) electrons. The summed E-state index contributed by atoms with van der Waals surface area (Å²) in [5.41, 5.74) is 2.03. The van der Waals surface area contributed by atoms with Crippen LogP contribution in [-0.4, -0.2) is 53.4 Å². The SMILES string of the molecule is COc1cccc2c1nc(OCc1cccc(CC(=O)OC(C)(C)C)n1)n2-c1nnnn1C. The number of carbonyl (C=O) groups excluding carboxylic acids is 1. The van der Waals surface area contributed by atoms with Crippen LogP contribution < -0.4 is 9.47 Å². The van der Waals surface area contributed by atoms with Crippen LogP contribution in [0.25, 0.3) is 17.0 Å². The molecule has 4 rings (SSSR count). The Morgan fingerprint density at radius 2 is 1.82 bits per heavy atom. The molecule has 172 valence electrons. The number of esters is 1. The quantitative estimate of drug-likeness (QED) is 0.390. The van der Waals surface area contributed by atoms with Crippen molar-refractivity contribution >= 4 is 17.0 Å². The third-order valence-electron chi connectivity index (χ3n) is 4.59. The van der Waals surface area contributed by atoms with E-state index >= 15 is 0 Å². The molecule has 3 heterocycles. The third kappa shape index (κ3) is 4.92. The van der Waals surface area contributed by atoms with Gasteiger partial charge in [-0.3, -0.25) is 9.78 Å². The molecule has 0 aliphatic carbocycles. The van der Waals surface area contributed by atoms with E-state index in [9.17, 15) is 4.79 Å². The maximum absolute atomic E-state index is 12.1. The maximum atomic E-state index is 12.1. The highest BCUT2D eigenvalue weighted by Crippen LogP contribution is 2.31. The highest BCUT2D eigenvalue weighted by atomic mass is 16.6. The normalized spacial score (nSPS) is 11.5. The average molecular weight is 451 g/mol. The lowest BCUT2D eigenvalue weighted by Gasteiger charge is -2.19. The highest BCUT2D eigenvalue weighted by Gasteiger charge is 2.21. The number of hydrogen-bond donors (Lipinski definition) is 0. The number of ether oxygens (including phenoxy) is 3. The summed E-state index contributed by atoms with van der Waals surface area (Å²) in [6, 6.07) is 11.3. The molecule has 3 aromatic heterocycles. The van der Waals surface area contributed by atoms with Crippen molar-refractivity contribution in [3.8, 4) is 17.7 Å². The second kappa shape index (κ2) is 8.85. The smallest absolute Gasteiger partial charge is 0.312 e. The zero-order valence-electron chi connectivity index (χ0n) is 19.1. The Labute approximate surface area is 190 Å². The maximum Gasteiger partial charge on any atom is 0.312 e. The zero-order chi connectivity index (χ0) is 23.6. The summed E-state index contributed by atoms with van der Waals surface area (Å²) < 4.78 is 20.1.